The largest absolute Gasteiger partial charge is 0.351 e. The van der Waals surface area contributed by atoms with Crippen LogP contribution >= 0.6 is 0 Å². The topological polar surface area (TPSA) is 17.8 Å². The van der Waals surface area contributed by atoms with Crippen molar-refractivity contribution < 1.29 is 20.1 Å². The Bertz CT molecular complexity index is 815. The normalized spacial score (nSPS) is 14.8. The van der Waals surface area contributed by atoms with Crippen LogP contribution in [0.5, 0.6) is 0 Å². The Morgan fingerprint density at radius 3 is 2.80 bits per heavy atom. The van der Waals surface area contributed by atoms with Gasteiger partial charge in [0.05, 0.1) is 0 Å². The van der Waals surface area contributed by atoms with E-state index in [1.54, 1.807) is 0 Å². The van der Waals surface area contributed by atoms with Gasteiger partial charge < -0.3 is 9.55 Å². The third kappa shape index (κ3) is 1.51. The van der Waals surface area contributed by atoms with E-state index < -0.39 is 0 Å². The number of benzene rings is 1. The van der Waals surface area contributed by atoms with Gasteiger partial charge in [-0.1, -0.05) is 13.8 Å². The van der Waals surface area contributed by atoms with Crippen LogP contribution in [0.4, 0.5) is 0 Å². The number of nitrogens with zero attached hydrogens (tertiary/aromatic N) is 2. The summed E-state index contributed by atoms with van der Waals surface area (Å²) in [7, 11) is 2.10. The summed E-state index contributed by atoms with van der Waals surface area (Å²) in [6.45, 7) is 4.56. The zero-order valence-electron chi connectivity index (χ0n) is 11.7. The molecule has 0 fully saturated rings. The minimum Gasteiger partial charge on any atom is -0.351 e. The maximum Gasteiger partial charge on any atom is 0.0422 e. The van der Waals surface area contributed by atoms with Crippen LogP contribution in [-0.4, -0.2) is 9.55 Å². The molecule has 3 heteroatoms. The van der Waals surface area contributed by atoms with Crippen molar-refractivity contribution in [2.75, 3.05) is 0 Å². The first-order valence-corrected chi connectivity index (χ1v) is 6.57. The fourth-order valence-corrected chi connectivity index (χ4v) is 3.30. The first-order valence-electron chi connectivity index (χ1n) is 6.57. The van der Waals surface area contributed by atoms with E-state index in [0.29, 0.717) is 0 Å². The average molecular weight is 440 g/mol. The molecule has 20 heavy (non-hydrogen) atoms. The molecule has 4 rings (SSSR count). The first-order chi connectivity index (χ1) is 9.10. The van der Waals surface area contributed by atoms with Crippen molar-refractivity contribution in [1.29, 1.82) is 0 Å². The molecule has 0 aliphatic heterocycles. The van der Waals surface area contributed by atoms with E-state index in [1.165, 1.54) is 22.0 Å². The molecule has 1 aliphatic carbocycles. The van der Waals surface area contributed by atoms with Crippen LogP contribution in [0.1, 0.15) is 25.0 Å². The molecular formula is C17H15IrN2-. The Balaban J connectivity index is 0.00000121. The van der Waals surface area contributed by atoms with Gasteiger partial charge >= 0.3 is 0 Å². The zero-order valence-corrected chi connectivity index (χ0v) is 14.1. The molecule has 0 N–H and O–H groups in total. The van der Waals surface area contributed by atoms with Gasteiger partial charge in [0.15, 0.2) is 0 Å². The standard InChI is InChI=1S/C17H15N2.Ir/c1-17(2)12-7-5-4-6-11(12)16-15-13(17)10-19(3)14(15)8-9-18-16;/h4-5,7-10H,1-3H3;/q-1;. The van der Waals surface area contributed by atoms with E-state index in [0.717, 1.165) is 11.3 Å². The maximum absolute atomic E-state index is 4.61. The number of hydrogen-bond acceptors (Lipinski definition) is 1. The molecule has 0 saturated heterocycles. The molecule has 0 atom stereocenters. The van der Waals surface area contributed by atoms with E-state index in [1.807, 2.05) is 12.3 Å². The van der Waals surface area contributed by atoms with E-state index in [2.05, 4.69) is 60.9 Å². The van der Waals surface area contributed by atoms with Gasteiger partial charge in [0.2, 0.25) is 0 Å². The summed E-state index contributed by atoms with van der Waals surface area (Å²) in [4.78, 5) is 4.61. The molecule has 0 amide bonds. The van der Waals surface area contributed by atoms with E-state index in [4.69, 9.17) is 0 Å². The van der Waals surface area contributed by atoms with Gasteiger partial charge in [0.1, 0.15) is 0 Å². The number of fused-ring (bicyclic) bond motifs is 2. The second-order valence-corrected chi connectivity index (χ2v) is 5.79. The van der Waals surface area contributed by atoms with Crippen LogP contribution in [0, 0.1) is 6.07 Å². The predicted molar refractivity (Wildman–Crippen MR) is 77.1 cm³/mol. The Hall–Kier alpha value is -1.44. The van der Waals surface area contributed by atoms with Gasteiger partial charge in [-0.05, 0) is 28.1 Å². The predicted octanol–water partition coefficient (Wildman–Crippen LogP) is 3.68. The van der Waals surface area contributed by atoms with Crippen molar-refractivity contribution in [1.82, 2.24) is 9.55 Å². The number of aromatic nitrogens is 2. The Morgan fingerprint density at radius 1 is 1.20 bits per heavy atom. The Morgan fingerprint density at radius 2 is 2.00 bits per heavy atom. The van der Waals surface area contributed by atoms with Crippen molar-refractivity contribution in [2.24, 2.45) is 7.05 Å². The van der Waals surface area contributed by atoms with E-state index in [-0.39, 0.29) is 25.5 Å². The fourth-order valence-electron chi connectivity index (χ4n) is 3.30. The molecule has 103 valence electrons. The average Bonchev–Trinajstić information content (AvgIpc) is 2.76. The monoisotopic (exact) mass is 440 g/mol. The quantitative estimate of drug-likeness (QED) is 0.489. The van der Waals surface area contributed by atoms with Crippen molar-refractivity contribution in [3.05, 3.63) is 53.9 Å². The minimum absolute atomic E-state index is 0. The molecule has 1 aliphatic rings. The number of aryl methyl sites for hydroxylation is 1. The molecule has 0 saturated carbocycles. The Kier molecular flexibility index (Phi) is 2.89. The molecular weight excluding hydrogens is 424 g/mol. The van der Waals surface area contributed by atoms with Crippen LogP contribution < -0.4 is 0 Å². The summed E-state index contributed by atoms with van der Waals surface area (Å²) >= 11 is 0. The molecule has 0 spiro atoms. The van der Waals surface area contributed by atoms with Crippen LogP contribution in [0.25, 0.3) is 22.2 Å². The second-order valence-electron chi connectivity index (χ2n) is 5.79. The Labute approximate surface area is 132 Å². The third-order valence-corrected chi connectivity index (χ3v) is 4.34. The van der Waals surface area contributed by atoms with Crippen LogP contribution in [0.3, 0.4) is 0 Å². The zero-order chi connectivity index (χ0) is 13.2. The molecule has 0 bridgehead atoms. The van der Waals surface area contributed by atoms with Crippen molar-refractivity contribution in [2.45, 2.75) is 19.3 Å². The molecule has 2 aromatic heterocycles. The number of rotatable bonds is 0. The summed E-state index contributed by atoms with van der Waals surface area (Å²) in [5.41, 5.74) is 6.15. The van der Waals surface area contributed by atoms with Gasteiger partial charge in [-0.2, -0.15) is 0 Å². The summed E-state index contributed by atoms with van der Waals surface area (Å²) < 4.78 is 2.20. The second kappa shape index (κ2) is 4.28. The fraction of sp³-hybridized carbons (Fsp3) is 0.235. The van der Waals surface area contributed by atoms with Gasteiger partial charge in [-0.15, -0.1) is 35.4 Å². The summed E-state index contributed by atoms with van der Waals surface area (Å²) in [6.07, 6.45) is 4.14. The van der Waals surface area contributed by atoms with Gasteiger partial charge in [0, 0.05) is 45.1 Å². The van der Waals surface area contributed by atoms with Crippen LogP contribution in [-0.2, 0) is 32.6 Å². The van der Waals surface area contributed by atoms with Crippen LogP contribution in [0.15, 0.2) is 36.7 Å². The summed E-state index contributed by atoms with van der Waals surface area (Å²) in [5.74, 6) is 0. The number of pyridine rings is 1. The summed E-state index contributed by atoms with van der Waals surface area (Å²) in [6, 6.07) is 11.7. The molecule has 0 unspecified atom stereocenters. The van der Waals surface area contributed by atoms with Crippen molar-refractivity contribution in [3.63, 3.8) is 0 Å². The van der Waals surface area contributed by atoms with E-state index in [9.17, 15) is 0 Å². The van der Waals surface area contributed by atoms with Gasteiger partial charge in [-0.25, -0.2) is 0 Å². The minimum atomic E-state index is 0. The summed E-state index contributed by atoms with van der Waals surface area (Å²) in [5, 5.41) is 1.28. The molecule has 3 aromatic rings. The smallest absolute Gasteiger partial charge is 0.0422 e. The number of hydrogen-bond donors (Lipinski definition) is 0. The van der Waals surface area contributed by atoms with Gasteiger partial charge in [0.25, 0.3) is 0 Å². The van der Waals surface area contributed by atoms with Crippen LogP contribution in [0.2, 0.25) is 0 Å². The van der Waals surface area contributed by atoms with Crippen molar-refractivity contribution in [3.8, 4) is 11.3 Å². The molecule has 1 aromatic carbocycles. The SMILES string of the molecule is Cn1cc2c3c(nccc31)-c1[c-]cccc1C2(C)C.[Ir]. The van der Waals surface area contributed by atoms with Crippen molar-refractivity contribution >= 4 is 10.9 Å². The first kappa shape index (κ1) is 13.5. The maximum atomic E-state index is 4.61. The van der Waals surface area contributed by atoms with E-state index >= 15 is 0 Å². The molecule has 2 nitrogen and oxygen atoms in total. The molecule has 2 heterocycles. The third-order valence-electron chi connectivity index (χ3n) is 4.34. The molecule has 1 radical (unpaired) electrons. The van der Waals surface area contributed by atoms with Gasteiger partial charge in [-0.3, -0.25) is 0 Å².